The Bertz CT molecular complexity index is 685. The molecule has 6 atom stereocenters. The number of hydrogen-bond acceptors (Lipinski definition) is 3. The highest BCUT2D eigenvalue weighted by atomic mass is 16.5. The molecule has 0 amide bonds. The fourth-order valence-electron chi connectivity index (χ4n) is 6.57. The highest BCUT2D eigenvalue weighted by Crippen LogP contribution is 2.64. The lowest BCUT2D eigenvalue weighted by Gasteiger charge is -2.56. The monoisotopic (exact) mass is 339 g/mol. The molecule has 0 aliphatic heterocycles. The number of nitriles is 1. The Morgan fingerprint density at radius 1 is 1.36 bits per heavy atom. The van der Waals surface area contributed by atoms with Crippen molar-refractivity contribution in [1.29, 1.82) is 5.26 Å². The Hall–Kier alpha value is -1.53. The molecule has 0 heterocycles. The first-order chi connectivity index (χ1) is 12.1. The lowest BCUT2D eigenvalue weighted by Crippen LogP contribution is -2.54. The Morgan fingerprint density at radius 2 is 2.20 bits per heavy atom. The molecule has 25 heavy (non-hydrogen) atoms. The van der Waals surface area contributed by atoms with Crippen molar-refractivity contribution in [3.8, 4) is 6.07 Å². The number of aliphatic hydroxyl groups is 1. The van der Waals surface area contributed by atoms with Gasteiger partial charge in [-0.2, -0.15) is 5.26 Å². The number of allylic oxidation sites excluding steroid dienone is 5. The second-order valence-electron chi connectivity index (χ2n) is 8.42. The van der Waals surface area contributed by atoms with E-state index in [4.69, 9.17) is 4.74 Å². The summed E-state index contributed by atoms with van der Waals surface area (Å²) in [4.78, 5) is 0. The quantitative estimate of drug-likeness (QED) is 0.770. The molecule has 0 unspecified atom stereocenters. The maximum absolute atomic E-state index is 11.3. The van der Waals surface area contributed by atoms with E-state index < -0.39 is 5.60 Å². The van der Waals surface area contributed by atoms with Gasteiger partial charge in [-0.15, -0.1) is 0 Å². The zero-order valence-electron chi connectivity index (χ0n) is 15.4. The Balaban J connectivity index is 1.67. The molecule has 0 spiro atoms. The van der Waals surface area contributed by atoms with Crippen molar-refractivity contribution in [3.63, 3.8) is 0 Å². The summed E-state index contributed by atoms with van der Waals surface area (Å²) in [6.07, 6.45) is 15.6. The summed E-state index contributed by atoms with van der Waals surface area (Å²) in [7, 11) is 1.77. The number of rotatable bonds is 3. The van der Waals surface area contributed by atoms with Crippen molar-refractivity contribution < 1.29 is 9.84 Å². The molecule has 0 aromatic carbocycles. The third-order valence-electron chi connectivity index (χ3n) is 7.86. The number of fused-ring (bicyclic) bond motifs is 5. The van der Waals surface area contributed by atoms with Crippen molar-refractivity contribution >= 4 is 0 Å². The zero-order chi connectivity index (χ0) is 17.7. The minimum Gasteiger partial charge on any atom is -0.501 e. The molecule has 0 bridgehead atoms. The molecule has 1 N–H and O–H groups in total. The van der Waals surface area contributed by atoms with E-state index in [0.29, 0.717) is 23.7 Å². The number of hydrogen-bond donors (Lipinski definition) is 1. The summed E-state index contributed by atoms with van der Waals surface area (Å²) < 4.78 is 5.48. The highest BCUT2D eigenvalue weighted by molar-refractivity contribution is 5.34. The van der Waals surface area contributed by atoms with Crippen molar-refractivity contribution in [2.24, 2.45) is 29.1 Å². The van der Waals surface area contributed by atoms with Gasteiger partial charge in [0.2, 0.25) is 0 Å². The molecule has 4 rings (SSSR count). The average Bonchev–Trinajstić information content (AvgIpc) is 2.94. The third-order valence-corrected chi connectivity index (χ3v) is 7.86. The molecule has 0 radical (unpaired) electrons. The maximum Gasteiger partial charge on any atom is 0.102 e. The van der Waals surface area contributed by atoms with Crippen LogP contribution in [0.4, 0.5) is 0 Å². The van der Waals surface area contributed by atoms with E-state index >= 15 is 0 Å². The van der Waals surface area contributed by atoms with E-state index in [9.17, 15) is 10.4 Å². The molecule has 1 saturated carbocycles. The molecule has 0 aromatic rings. The van der Waals surface area contributed by atoms with Crippen LogP contribution in [0.5, 0.6) is 0 Å². The van der Waals surface area contributed by atoms with Crippen LogP contribution in [0.25, 0.3) is 0 Å². The summed E-state index contributed by atoms with van der Waals surface area (Å²) in [6, 6.07) is 2.24. The molecule has 3 heteroatoms. The van der Waals surface area contributed by atoms with Gasteiger partial charge in [-0.25, -0.2) is 0 Å². The lowest BCUT2D eigenvalue weighted by atomic mass is 9.49. The first-order valence-electron chi connectivity index (χ1n) is 9.82. The van der Waals surface area contributed by atoms with Crippen LogP contribution >= 0.6 is 0 Å². The topological polar surface area (TPSA) is 53.2 Å². The molecular weight excluding hydrogens is 310 g/mol. The fraction of sp³-hybridized carbons (Fsp3) is 0.682. The van der Waals surface area contributed by atoms with E-state index in [-0.39, 0.29) is 11.8 Å². The Kier molecular flexibility index (Phi) is 4.07. The minimum absolute atomic E-state index is 0.141. The van der Waals surface area contributed by atoms with Crippen LogP contribution in [0, 0.1) is 40.4 Å². The van der Waals surface area contributed by atoms with Gasteiger partial charge in [-0.1, -0.05) is 25.2 Å². The van der Waals surface area contributed by atoms with Crippen LogP contribution < -0.4 is 0 Å². The molecule has 4 aliphatic rings. The van der Waals surface area contributed by atoms with Crippen molar-refractivity contribution in [1.82, 2.24) is 0 Å². The van der Waals surface area contributed by atoms with Crippen molar-refractivity contribution in [2.45, 2.75) is 57.5 Å². The van der Waals surface area contributed by atoms with Gasteiger partial charge in [-0.3, -0.25) is 0 Å². The number of ether oxygens (including phenoxy) is 1. The standard InChI is InChI=1S/C22H29NO2/c1-3-21-10-8-18-17-7-5-16(25-2)14-15(17)4-6-19(18)20(21)9-11-22(21,24)12-13-23/h4,9,11,14,17-20,24H,3,5-8,10,12H2,1-2H3/t17-,18+,19+,20-,21-,22+/m0/s1. The van der Waals surface area contributed by atoms with Crippen LogP contribution in [-0.2, 0) is 4.74 Å². The van der Waals surface area contributed by atoms with E-state index in [1.165, 1.54) is 18.4 Å². The van der Waals surface area contributed by atoms with Gasteiger partial charge in [0.05, 0.1) is 25.4 Å². The third kappa shape index (κ3) is 2.27. The van der Waals surface area contributed by atoms with Gasteiger partial charge in [0.15, 0.2) is 0 Å². The predicted molar refractivity (Wildman–Crippen MR) is 97.3 cm³/mol. The molecule has 0 saturated heterocycles. The summed E-state index contributed by atoms with van der Waals surface area (Å²) in [6.45, 7) is 2.20. The molecule has 1 fully saturated rings. The largest absolute Gasteiger partial charge is 0.501 e. The van der Waals surface area contributed by atoms with Crippen LogP contribution in [-0.4, -0.2) is 17.8 Å². The van der Waals surface area contributed by atoms with Crippen LogP contribution in [0.3, 0.4) is 0 Å². The van der Waals surface area contributed by atoms with Gasteiger partial charge in [0.25, 0.3) is 0 Å². The summed E-state index contributed by atoms with van der Waals surface area (Å²) in [5.74, 6) is 3.46. The van der Waals surface area contributed by atoms with Gasteiger partial charge in [-0.05, 0) is 67.4 Å². The van der Waals surface area contributed by atoms with E-state index in [1.807, 2.05) is 6.08 Å². The highest BCUT2D eigenvalue weighted by Gasteiger charge is 2.61. The van der Waals surface area contributed by atoms with Crippen LogP contribution in [0.2, 0.25) is 0 Å². The van der Waals surface area contributed by atoms with Gasteiger partial charge in [0, 0.05) is 11.8 Å². The second kappa shape index (κ2) is 6.02. The first-order valence-corrected chi connectivity index (χ1v) is 9.82. The van der Waals surface area contributed by atoms with E-state index in [1.54, 1.807) is 7.11 Å². The first kappa shape index (κ1) is 16.9. The maximum atomic E-state index is 11.3. The van der Waals surface area contributed by atoms with Gasteiger partial charge in [0.1, 0.15) is 5.60 Å². The van der Waals surface area contributed by atoms with Crippen molar-refractivity contribution in [3.05, 3.63) is 35.6 Å². The smallest absolute Gasteiger partial charge is 0.102 e. The lowest BCUT2D eigenvalue weighted by molar-refractivity contribution is -0.110. The normalized spacial score (nSPS) is 44.7. The zero-order valence-corrected chi connectivity index (χ0v) is 15.4. The summed E-state index contributed by atoms with van der Waals surface area (Å²) in [5.41, 5.74) is 0.395. The number of nitrogens with zero attached hydrogens (tertiary/aromatic N) is 1. The summed E-state index contributed by atoms with van der Waals surface area (Å²) in [5, 5.41) is 20.5. The summed E-state index contributed by atoms with van der Waals surface area (Å²) >= 11 is 0. The SMILES string of the molecule is CC[C@]12CC[C@H]3[C@@H](CC=C4C=C(OC)CC[C@@H]43)[C@@H]1C=C[C@@]2(O)CC#N. The van der Waals surface area contributed by atoms with E-state index in [0.717, 1.165) is 31.4 Å². The molecular formula is C22H29NO2. The second-order valence-corrected chi connectivity index (χ2v) is 8.42. The molecule has 0 aromatic heterocycles. The molecule has 134 valence electrons. The Morgan fingerprint density at radius 3 is 2.92 bits per heavy atom. The van der Waals surface area contributed by atoms with Crippen LogP contribution in [0.1, 0.15) is 51.9 Å². The predicted octanol–water partition coefficient (Wildman–Crippen LogP) is 4.51. The molecule has 4 aliphatic carbocycles. The van der Waals surface area contributed by atoms with Crippen LogP contribution in [0.15, 0.2) is 35.6 Å². The molecule has 3 nitrogen and oxygen atoms in total. The minimum atomic E-state index is -0.939. The Labute approximate surface area is 151 Å². The number of methoxy groups -OCH3 is 1. The average molecular weight is 339 g/mol. The van der Waals surface area contributed by atoms with Gasteiger partial charge >= 0.3 is 0 Å². The van der Waals surface area contributed by atoms with E-state index in [2.05, 4.69) is 31.2 Å². The van der Waals surface area contributed by atoms with Crippen molar-refractivity contribution in [2.75, 3.05) is 7.11 Å². The fourth-order valence-corrected chi connectivity index (χ4v) is 6.57. The van der Waals surface area contributed by atoms with Gasteiger partial charge < -0.3 is 9.84 Å².